The van der Waals surface area contributed by atoms with Crippen LogP contribution in [0.5, 0.6) is 0 Å². The summed E-state index contributed by atoms with van der Waals surface area (Å²) in [6, 6.07) is 18.5. The summed E-state index contributed by atoms with van der Waals surface area (Å²) < 4.78 is 0. The van der Waals surface area contributed by atoms with Crippen molar-refractivity contribution in [2.24, 2.45) is 0 Å². The number of amides is 3. The van der Waals surface area contributed by atoms with Gasteiger partial charge in [0.2, 0.25) is 5.91 Å². The predicted molar refractivity (Wildman–Crippen MR) is 136 cm³/mol. The van der Waals surface area contributed by atoms with E-state index in [4.69, 9.17) is 11.6 Å². The molecule has 3 heterocycles. The molecule has 1 aliphatic carbocycles. The van der Waals surface area contributed by atoms with Gasteiger partial charge < -0.3 is 9.80 Å². The number of piperazine rings is 1. The molecule has 7 nitrogen and oxygen atoms in total. The van der Waals surface area contributed by atoms with Crippen LogP contribution in [0.2, 0.25) is 5.02 Å². The van der Waals surface area contributed by atoms with Gasteiger partial charge in [0.15, 0.2) is 0 Å². The van der Waals surface area contributed by atoms with Gasteiger partial charge >= 0.3 is 0 Å². The Bertz CT molecular complexity index is 1350. The molecule has 0 radical (unpaired) electrons. The van der Waals surface area contributed by atoms with E-state index in [9.17, 15) is 14.4 Å². The Kier molecular flexibility index (Phi) is 5.52. The van der Waals surface area contributed by atoms with Gasteiger partial charge in [-0.05, 0) is 54.8 Å². The molecule has 3 amide bonds. The van der Waals surface area contributed by atoms with Gasteiger partial charge in [-0.25, -0.2) is 0 Å². The molecule has 0 N–H and O–H groups in total. The van der Waals surface area contributed by atoms with Gasteiger partial charge in [0.1, 0.15) is 0 Å². The third-order valence-electron chi connectivity index (χ3n) is 7.49. The number of imide groups is 1. The minimum Gasteiger partial charge on any atom is -0.367 e. The van der Waals surface area contributed by atoms with Gasteiger partial charge in [-0.3, -0.25) is 24.3 Å². The van der Waals surface area contributed by atoms with Crippen molar-refractivity contribution < 1.29 is 14.4 Å². The fourth-order valence-corrected chi connectivity index (χ4v) is 5.48. The van der Waals surface area contributed by atoms with Crippen molar-refractivity contribution in [3.63, 3.8) is 0 Å². The quantitative estimate of drug-likeness (QED) is 0.497. The zero-order chi connectivity index (χ0) is 24.9. The summed E-state index contributed by atoms with van der Waals surface area (Å²) in [7, 11) is 0. The van der Waals surface area contributed by atoms with Gasteiger partial charge in [-0.1, -0.05) is 35.9 Å². The van der Waals surface area contributed by atoms with Gasteiger partial charge in [0, 0.05) is 37.4 Å². The van der Waals surface area contributed by atoms with E-state index in [1.54, 1.807) is 24.4 Å². The van der Waals surface area contributed by atoms with E-state index < -0.39 is 5.41 Å². The number of benzene rings is 2. The van der Waals surface area contributed by atoms with Crippen molar-refractivity contribution in [3.05, 3.63) is 94.3 Å². The second kappa shape index (κ2) is 8.75. The maximum absolute atomic E-state index is 13.5. The molecule has 3 aromatic rings. The van der Waals surface area contributed by atoms with Gasteiger partial charge in [0.05, 0.1) is 34.5 Å². The van der Waals surface area contributed by atoms with Crippen molar-refractivity contribution in [2.75, 3.05) is 31.1 Å². The fourth-order valence-electron chi connectivity index (χ4n) is 5.35. The Balaban J connectivity index is 1.18. The molecule has 0 unspecified atom stereocenters. The van der Waals surface area contributed by atoms with Gasteiger partial charge in [-0.15, -0.1) is 0 Å². The van der Waals surface area contributed by atoms with Gasteiger partial charge in [-0.2, -0.15) is 0 Å². The molecule has 8 heteroatoms. The summed E-state index contributed by atoms with van der Waals surface area (Å²) in [5.74, 6) is -0.431. The SMILES string of the molecule is O=C1c2cccc(N3CCN(C(=O)C4(c5ccc(Cl)cc5)CC4)CC3)c2C(=O)N1Cc1ccccn1. The Morgan fingerprint density at radius 3 is 2.31 bits per heavy atom. The minimum atomic E-state index is -0.435. The van der Waals surface area contributed by atoms with Crippen molar-refractivity contribution in [1.29, 1.82) is 0 Å². The number of aromatic nitrogens is 1. The Morgan fingerprint density at radius 2 is 1.64 bits per heavy atom. The number of hydrogen-bond donors (Lipinski definition) is 0. The number of hydrogen-bond acceptors (Lipinski definition) is 5. The fraction of sp³-hybridized carbons (Fsp3) is 0.286. The Morgan fingerprint density at radius 1 is 0.889 bits per heavy atom. The van der Waals surface area contributed by atoms with Crippen LogP contribution in [0.25, 0.3) is 0 Å². The van der Waals surface area contributed by atoms with Crippen LogP contribution < -0.4 is 4.90 Å². The summed E-state index contributed by atoms with van der Waals surface area (Å²) in [6.07, 6.45) is 3.35. The highest BCUT2D eigenvalue weighted by molar-refractivity contribution is 6.30. The van der Waals surface area contributed by atoms with Crippen LogP contribution in [0.1, 0.15) is 44.8 Å². The van der Waals surface area contributed by atoms with Crippen molar-refractivity contribution in [2.45, 2.75) is 24.8 Å². The number of fused-ring (bicyclic) bond motifs is 1. The lowest BCUT2D eigenvalue weighted by atomic mass is 9.94. The molecule has 1 aromatic heterocycles. The lowest BCUT2D eigenvalue weighted by Crippen LogP contribution is -2.52. The number of carbonyl (C=O) groups excluding carboxylic acids is 3. The summed E-state index contributed by atoms with van der Waals surface area (Å²) in [5.41, 5.74) is 2.87. The molecule has 6 rings (SSSR count). The van der Waals surface area contributed by atoms with Crippen LogP contribution >= 0.6 is 11.6 Å². The van der Waals surface area contributed by atoms with Crippen LogP contribution in [-0.4, -0.2) is 58.7 Å². The summed E-state index contributed by atoms with van der Waals surface area (Å²) >= 11 is 6.04. The molecule has 0 bridgehead atoms. The predicted octanol–water partition coefficient (Wildman–Crippen LogP) is 3.91. The summed E-state index contributed by atoms with van der Waals surface area (Å²) in [6.45, 7) is 2.47. The van der Waals surface area contributed by atoms with Crippen LogP contribution in [0.3, 0.4) is 0 Å². The normalized spacial score (nSPS) is 18.4. The number of rotatable bonds is 5. The van der Waals surface area contributed by atoms with Crippen LogP contribution in [0, 0.1) is 0 Å². The van der Waals surface area contributed by atoms with Crippen molar-refractivity contribution in [1.82, 2.24) is 14.8 Å². The zero-order valence-corrected chi connectivity index (χ0v) is 20.4. The topological polar surface area (TPSA) is 73.8 Å². The number of anilines is 1. The molecular formula is C28H25ClN4O3. The largest absolute Gasteiger partial charge is 0.367 e. The molecule has 0 spiro atoms. The highest BCUT2D eigenvalue weighted by Crippen LogP contribution is 2.50. The molecule has 36 heavy (non-hydrogen) atoms. The van der Waals surface area contributed by atoms with E-state index in [0.29, 0.717) is 48.0 Å². The lowest BCUT2D eigenvalue weighted by Gasteiger charge is -2.38. The highest BCUT2D eigenvalue weighted by Gasteiger charge is 2.53. The molecule has 2 fully saturated rings. The Labute approximate surface area is 214 Å². The highest BCUT2D eigenvalue weighted by atomic mass is 35.5. The van der Waals surface area contributed by atoms with E-state index in [-0.39, 0.29) is 24.3 Å². The number of carbonyl (C=O) groups is 3. The molecule has 2 aliphatic heterocycles. The molecule has 0 atom stereocenters. The zero-order valence-electron chi connectivity index (χ0n) is 19.7. The Hall–Kier alpha value is -3.71. The van der Waals surface area contributed by atoms with E-state index in [2.05, 4.69) is 9.88 Å². The second-order valence-corrected chi connectivity index (χ2v) is 10.0. The number of nitrogens with zero attached hydrogens (tertiary/aromatic N) is 4. The molecule has 2 aromatic carbocycles. The third kappa shape index (κ3) is 3.75. The monoisotopic (exact) mass is 500 g/mol. The van der Waals surface area contributed by atoms with Crippen molar-refractivity contribution in [3.8, 4) is 0 Å². The molecule has 1 saturated heterocycles. The summed E-state index contributed by atoms with van der Waals surface area (Å²) in [4.78, 5) is 49.4. The molecule has 3 aliphatic rings. The average molecular weight is 501 g/mol. The van der Waals surface area contributed by atoms with E-state index >= 15 is 0 Å². The average Bonchev–Trinajstić information content (AvgIpc) is 3.69. The number of halogens is 1. The maximum atomic E-state index is 13.5. The summed E-state index contributed by atoms with van der Waals surface area (Å²) in [5, 5.41) is 0.664. The maximum Gasteiger partial charge on any atom is 0.264 e. The standard InChI is InChI=1S/C28H25ClN4O3/c29-20-9-7-19(8-10-20)28(11-12-28)27(36)32-16-14-31(15-17-32)23-6-3-5-22-24(23)26(35)33(25(22)34)18-21-4-1-2-13-30-21/h1-10,13H,11-12,14-18H2. The first-order valence-corrected chi connectivity index (χ1v) is 12.6. The minimum absolute atomic E-state index is 0.141. The van der Waals surface area contributed by atoms with Crippen LogP contribution in [-0.2, 0) is 16.8 Å². The third-order valence-corrected chi connectivity index (χ3v) is 7.74. The first kappa shape index (κ1) is 22.7. The first-order valence-electron chi connectivity index (χ1n) is 12.2. The molecule has 1 saturated carbocycles. The first-order chi connectivity index (χ1) is 17.5. The second-order valence-electron chi connectivity index (χ2n) is 9.59. The number of pyridine rings is 1. The van der Waals surface area contributed by atoms with Crippen molar-refractivity contribution >= 4 is 35.0 Å². The lowest BCUT2D eigenvalue weighted by molar-refractivity contribution is -0.134. The van der Waals surface area contributed by atoms with Crippen LogP contribution in [0.15, 0.2) is 66.9 Å². The molecule has 182 valence electrons. The van der Waals surface area contributed by atoms with E-state index in [1.165, 1.54) is 4.90 Å². The van der Waals surface area contributed by atoms with Crippen LogP contribution in [0.4, 0.5) is 5.69 Å². The van der Waals surface area contributed by atoms with E-state index in [0.717, 1.165) is 24.1 Å². The molecular weight excluding hydrogens is 476 g/mol. The van der Waals surface area contributed by atoms with E-state index in [1.807, 2.05) is 47.4 Å². The smallest absolute Gasteiger partial charge is 0.264 e. The van der Waals surface area contributed by atoms with Gasteiger partial charge in [0.25, 0.3) is 11.8 Å².